The second kappa shape index (κ2) is 4.11. The molecule has 1 aromatic rings. The lowest BCUT2D eigenvalue weighted by Crippen LogP contribution is -2.33. The number of rotatable bonds is 3. The smallest absolute Gasteiger partial charge is 0.237 e. The van der Waals surface area contributed by atoms with Crippen molar-refractivity contribution in [2.75, 3.05) is 0 Å². The van der Waals surface area contributed by atoms with Gasteiger partial charge in [-0.1, -0.05) is 53.5 Å². The van der Waals surface area contributed by atoms with Crippen molar-refractivity contribution >= 4 is 34.8 Å². The standard InChI is InChI=1S/C10H8Cl2O2/c1-7(13)10(11,12)9(14)8-5-3-2-4-6-8/h2-6H,1H3. The molecule has 0 N–H and O–H groups in total. The van der Waals surface area contributed by atoms with Crippen molar-refractivity contribution in [2.24, 2.45) is 0 Å². The Morgan fingerprint density at radius 2 is 1.64 bits per heavy atom. The van der Waals surface area contributed by atoms with Crippen molar-refractivity contribution in [2.45, 2.75) is 11.3 Å². The number of halogens is 2. The van der Waals surface area contributed by atoms with E-state index in [0.717, 1.165) is 0 Å². The molecule has 0 aliphatic carbocycles. The third-order valence-electron chi connectivity index (χ3n) is 1.76. The number of alkyl halides is 2. The maximum absolute atomic E-state index is 11.6. The Balaban J connectivity index is 3.03. The van der Waals surface area contributed by atoms with E-state index in [0.29, 0.717) is 5.56 Å². The predicted octanol–water partition coefficient (Wildman–Crippen LogP) is 2.63. The van der Waals surface area contributed by atoms with E-state index in [1.54, 1.807) is 30.3 Å². The summed E-state index contributed by atoms with van der Waals surface area (Å²) >= 11 is 11.2. The van der Waals surface area contributed by atoms with E-state index in [9.17, 15) is 9.59 Å². The predicted molar refractivity (Wildman–Crippen MR) is 55.9 cm³/mol. The summed E-state index contributed by atoms with van der Waals surface area (Å²) < 4.78 is -1.97. The topological polar surface area (TPSA) is 34.1 Å². The molecule has 0 atom stereocenters. The Morgan fingerprint density at radius 3 is 2.07 bits per heavy atom. The van der Waals surface area contributed by atoms with Gasteiger partial charge in [0, 0.05) is 5.56 Å². The maximum Gasteiger partial charge on any atom is 0.237 e. The number of benzene rings is 1. The molecule has 0 amide bonds. The molecule has 1 rings (SSSR count). The highest BCUT2D eigenvalue weighted by Crippen LogP contribution is 2.26. The zero-order valence-corrected chi connectivity index (χ0v) is 8.97. The minimum atomic E-state index is -1.97. The van der Waals surface area contributed by atoms with Crippen LogP contribution in [0, 0.1) is 0 Å². The number of carbonyl (C=O) groups is 2. The lowest BCUT2D eigenvalue weighted by molar-refractivity contribution is -0.116. The second-order valence-corrected chi connectivity index (χ2v) is 4.15. The lowest BCUT2D eigenvalue weighted by Gasteiger charge is -2.13. The second-order valence-electron chi connectivity index (χ2n) is 2.83. The van der Waals surface area contributed by atoms with Crippen molar-refractivity contribution < 1.29 is 9.59 Å². The molecule has 0 heterocycles. The fourth-order valence-corrected chi connectivity index (χ4v) is 1.15. The summed E-state index contributed by atoms with van der Waals surface area (Å²) in [5.41, 5.74) is 0.327. The van der Waals surface area contributed by atoms with Crippen LogP contribution in [-0.4, -0.2) is 15.9 Å². The lowest BCUT2D eigenvalue weighted by atomic mass is 10.1. The van der Waals surface area contributed by atoms with Gasteiger partial charge in [0.15, 0.2) is 5.78 Å². The van der Waals surface area contributed by atoms with E-state index in [1.807, 2.05) is 0 Å². The van der Waals surface area contributed by atoms with Crippen LogP contribution in [0.4, 0.5) is 0 Å². The normalized spacial score (nSPS) is 11.1. The molecule has 0 unspecified atom stereocenters. The summed E-state index contributed by atoms with van der Waals surface area (Å²) in [6, 6.07) is 8.23. The molecule has 0 aliphatic heterocycles. The monoisotopic (exact) mass is 230 g/mol. The Labute approximate surface area is 91.8 Å². The summed E-state index contributed by atoms with van der Waals surface area (Å²) in [5, 5.41) is 0. The zero-order valence-electron chi connectivity index (χ0n) is 7.46. The first-order valence-corrected chi connectivity index (χ1v) is 4.70. The number of carbonyl (C=O) groups excluding carboxylic acids is 2. The highest BCUT2D eigenvalue weighted by Gasteiger charge is 2.39. The van der Waals surface area contributed by atoms with Gasteiger partial charge in [0.2, 0.25) is 10.1 Å². The molecule has 0 spiro atoms. The molecule has 1 aromatic carbocycles. The fraction of sp³-hybridized carbons (Fsp3) is 0.200. The SMILES string of the molecule is CC(=O)C(Cl)(Cl)C(=O)c1ccccc1. The summed E-state index contributed by atoms with van der Waals surface area (Å²) in [4.78, 5) is 22.6. The molecule has 0 fully saturated rings. The van der Waals surface area contributed by atoms with Crippen molar-refractivity contribution in [3.8, 4) is 0 Å². The molecule has 0 bridgehead atoms. The third kappa shape index (κ3) is 2.14. The highest BCUT2D eigenvalue weighted by molar-refractivity contribution is 6.69. The van der Waals surface area contributed by atoms with Crippen LogP contribution in [-0.2, 0) is 4.79 Å². The molecular weight excluding hydrogens is 223 g/mol. The van der Waals surface area contributed by atoms with E-state index in [2.05, 4.69) is 0 Å². The van der Waals surface area contributed by atoms with E-state index >= 15 is 0 Å². The number of ketones is 2. The van der Waals surface area contributed by atoms with Gasteiger partial charge in [-0.15, -0.1) is 0 Å². The molecule has 0 saturated heterocycles. The van der Waals surface area contributed by atoms with Gasteiger partial charge in [0.1, 0.15) is 0 Å². The van der Waals surface area contributed by atoms with Crippen LogP contribution in [0.2, 0.25) is 0 Å². The van der Waals surface area contributed by atoms with Crippen LogP contribution in [0.5, 0.6) is 0 Å². The van der Waals surface area contributed by atoms with Gasteiger partial charge in [-0.25, -0.2) is 0 Å². The van der Waals surface area contributed by atoms with Gasteiger partial charge in [-0.2, -0.15) is 0 Å². The maximum atomic E-state index is 11.6. The molecular formula is C10H8Cl2O2. The largest absolute Gasteiger partial charge is 0.296 e. The van der Waals surface area contributed by atoms with Crippen molar-refractivity contribution in [1.29, 1.82) is 0 Å². The van der Waals surface area contributed by atoms with Crippen LogP contribution in [0.3, 0.4) is 0 Å². The van der Waals surface area contributed by atoms with Gasteiger partial charge in [-0.3, -0.25) is 9.59 Å². The Bertz CT molecular complexity index is 358. The number of hydrogen-bond acceptors (Lipinski definition) is 2. The summed E-state index contributed by atoms with van der Waals surface area (Å²) in [6.45, 7) is 1.18. The molecule has 0 aliphatic rings. The van der Waals surface area contributed by atoms with Crippen LogP contribution in [0.25, 0.3) is 0 Å². The molecule has 2 nitrogen and oxygen atoms in total. The van der Waals surface area contributed by atoms with Crippen LogP contribution in [0.1, 0.15) is 17.3 Å². The Hall–Kier alpha value is -0.860. The van der Waals surface area contributed by atoms with Gasteiger partial charge in [-0.05, 0) is 6.92 Å². The summed E-state index contributed by atoms with van der Waals surface area (Å²) in [7, 11) is 0. The first-order chi connectivity index (χ1) is 6.46. The van der Waals surface area contributed by atoms with Crippen molar-refractivity contribution in [3.05, 3.63) is 35.9 Å². The van der Waals surface area contributed by atoms with E-state index in [1.165, 1.54) is 6.92 Å². The molecule has 74 valence electrons. The van der Waals surface area contributed by atoms with Crippen molar-refractivity contribution in [1.82, 2.24) is 0 Å². The zero-order chi connectivity index (χ0) is 10.8. The minimum Gasteiger partial charge on any atom is -0.296 e. The first-order valence-electron chi connectivity index (χ1n) is 3.95. The first kappa shape index (κ1) is 11.2. The van der Waals surface area contributed by atoms with Crippen LogP contribution < -0.4 is 0 Å². The van der Waals surface area contributed by atoms with Gasteiger partial charge in [0.05, 0.1) is 0 Å². The summed E-state index contributed by atoms with van der Waals surface area (Å²) in [5.74, 6) is -1.16. The fourth-order valence-electron chi connectivity index (χ4n) is 0.931. The van der Waals surface area contributed by atoms with Gasteiger partial charge in [0.25, 0.3) is 0 Å². The van der Waals surface area contributed by atoms with E-state index in [-0.39, 0.29) is 0 Å². The van der Waals surface area contributed by atoms with Gasteiger partial charge < -0.3 is 0 Å². The van der Waals surface area contributed by atoms with Gasteiger partial charge >= 0.3 is 0 Å². The number of hydrogen-bond donors (Lipinski definition) is 0. The summed E-state index contributed by atoms with van der Waals surface area (Å²) in [6.07, 6.45) is 0. The molecule has 0 radical (unpaired) electrons. The average molecular weight is 231 g/mol. The third-order valence-corrected chi connectivity index (χ3v) is 2.64. The highest BCUT2D eigenvalue weighted by atomic mass is 35.5. The van der Waals surface area contributed by atoms with Crippen LogP contribution >= 0.6 is 23.2 Å². The molecule has 14 heavy (non-hydrogen) atoms. The Kier molecular flexibility index (Phi) is 3.29. The van der Waals surface area contributed by atoms with E-state index in [4.69, 9.17) is 23.2 Å². The minimum absolute atomic E-state index is 0.327. The average Bonchev–Trinajstić information content (AvgIpc) is 2.17. The molecule has 0 aromatic heterocycles. The molecule has 0 saturated carbocycles. The van der Waals surface area contributed by atoms with Crippen LogP contribution in [0.15, 0.2) is 30.3 Å². The quantitative estimate of drug-likeness (QED) is 0.455. The van der Waals surface area contributed by atoms with E-state index < -0.39 is 15.9 Å². The molecule has 4 heteroatoms. The number of Topliss-reactive ketones (excluding diaryl/α,β-unsaturated/α-hetero) is 2. The Morgan fingerprint density at radius 1 is 1.14 bits per heavy atom. The van der Waals surface area contributed by atoms with Crippen molar-refractivity contribution in [3.63, 3.8) is 0 Å².